The number of nitrogens with one attached hydrogen (secondary N) is 1. The molecule has 0 aromatic heterocycles. The van der Waals surface area contributed by atoms with Crippen LogP contribution in [0.25, 0.3) is 0 Å². The summed E-state index contributed by atoms with van der Waals surface area (Å²) >= 11 is 0. The molecule has 2 rings (SSSR count). The summed E-state index contributed by atoms with van der Waals surface area (Å²) < 4.78 is 11.6. The van der Waals surface area contributed by atoms with Crippen molar-refractivity contribution in [3.8, 4) is 11.5 Å². The van der Waals surface area contributed by atoms with Gasteiger partial charge in [0, 0.05) is 12.1 Å². The predicted octanol–water partition coefficient (Wildman–Crippen LogP) is 2.88. The number of benzene rings is 1. The Hall–Kier alpha value is -1.26. The first-order chi connectivity index (χ1) is 10.3. The van der Waals surface area contributed by atoms with Crippen molar-refractivity contribution in [2.24, 2.45) is 0 Å². The van der Waals surface area contributed by atoms with Gasteiger partial charge in [-0.25, -0.2) is 0 Å². The maximum atomic E-state index is 10.1. The highest BCUT2D eigenvalue weighted by molar-refractivity contribution is 5.46. The van der Waals surface area contributed by atoms with Gasteiger partial charge in [-0.15, -0.1) is 0 Å². The van der Waals surface area contributed by atoms with Crippen molar-refractivity contribution >= 4 is 0 Å². The summed E-state index contributed by atoms with van der Waals surface area (Å²) in [6.07, 6.45) is 4.52. The summed E-state index contributed by atoms with van der Waals surface area (Å²) in [6.45, 7) is 3.88. The lowest BCUT2D eigenvalue weighted by atomic mass is 9.94. The quantitative estimate of drug-likeness (QED) is 0.759. The van der Waals surface area contributed by atoms with Crippen molar-refractivity contribution in [1.82, 2.24) is 5.32 Å². The van der Waals surface area contributed by atoms with Crippen LogP contribution in [0.2, 0.25) is 0 Å². The Labute approximate surface area is 127 Å². The zero-order chi connectivity index (χ0) is 15.1. The van der Waals surface area contributed by atoms with Crippen LogP contribution in [0.1, 0.15) is 44.6 Å². The summed E-state index contributed by atoms with van der Waals surface area (Å²) in [4.78, 5) is 0. The number of ether oxygens (including phenoxy) is 2. The highest BCUT2D eigenvalue weighted by Gasteiger charge is 2.26. The van der Waals surface area contributed by atoms with Gasteiger partial charge in [-0.3, -0.25) is 0 Å². The van der Waals surface area contributed by atoms with E-state index in [0.29, 0.717) is 0 Å². The lowest BCUT2D eigenvalue weighted by molar-refractivity contribution is 0.00514. The maximum Gasteiger partial charge on any atom is 0.166 e. The van der Waals surface area contributed by atoms with Crippen LogP contribution in [0.4, 0.5) is 0 Å². The standard InChI is InChI=1S/C17H27NO3/c1-3-11-18-12-13-7-6-10-16(20-2)17(13)21-15-9-5-4-8-14(15)19/h6-7,10,14-15,18-19H,3-5,8-9,11-12H2,1-2H3. The molecule has 21 heavy (non-hydrogen) atoms. The minimum Gasteiger partial charge on any atom is -0.493 e. The van der Waals surface area contributed by atoms with Crippen LogP contribution < -0.4 is 14.8 Å². The van der Waals surface area contributed by atoms with Crippen LogP contribution in [0.15, 0.2) is 18.2 Å². The molecule has 0 saturated heterocycles. The van der Waals surface area contributed by atoms with Crippen LogP contribution in [-0.2, 0) is 6.54 Å². The van der Waals surface area contributed by atoms with Gasteiger partial charge in [0.15, 0.2) is 11.5 Å². The second-order valence-electron chi connectivity index (χ2n) is 5.63. The molecule has 2 N–H and O–H groups in total. The fourth-order valence-electron chi connectivity index (χ4n) is 2.76. The number of rotatable bonds is 7. The number of para-hydroxylation sites is 1. The van der Waals surface area contributed by atoms with Gasteiger partial charge in [-0.05, 0) is 38.3 Å². The molecule has 0 radical (unpaired) electrons. The second kappa shape index (κ2) is 8.25. The fraction of sp³-hybridized carbons (Fsp3) is 0.647. The Kier molecular flexibility index (Phi) is 6.33. The molecule has 1 aliphatic carbocycles. The minimum atomic E-state index is -0.375. The van der Waals surface area contributed by atoms with Gasteiger partial charge < -0.3 is 19.9 Å². The smallest absolute Gasteiger partial charge is 0.166 e. The van der Waals surface area contributed by atoms with E-state index < -0.39 is 0 Å². The maximum absolute atomic E-state index is 10.1. The van der Waals surface area contributed by atoms with Crippen molar-refractivity contribution in [3.05, 3.63) is 23.8 Å². The lowest BCUT2D eigenvalue weighted by Gasteiger charge is -2.29. The first kappa shape index (κ1) is 16.1. The number of hydrogen-bond donors (Lipinski definition) is 2. The van der Waals surface area contributed by atoms with E-state index in [4.69, 9.17) is 9.47 Å². The van der Waals surface area contributed by atoms with Crippen LogP contribution in [0.5, 0.6) is 11.5 Å². The third kappa shape index (κ3) is 4.35. The summed E-state index contributed by atoms with van der Waals surface area (Å²) in [5.41, 5.74) is 1.08. The number of hydrogen-bond acceptors (Lipinski definition) is 4. The molecule has 1 aromatic rings. The predicted molar refractivity (Wildman–Crippen MR) is 83.9 cm³/mol. The van der Waals surface area contributed by atoms with E-state index in [1.54, 1.807) is 7.11 Å². The average molecular weight is 293 g/mol. The zero-order valence-corrected chi connectivity index (χ0v) is 13.1. The van der Waals surface area contributed by atoms with E-state index in [2.05, 4.69) is 18.3 Å². The molecule has 1 aliphatic rings. The summed E-state index contributed by atoms with van der Waals surface area (Å²) in [6, 6.07) is 5.94. The van der Waals surface area contributed by atoms with Crippen molar-refractivity contribution in [2.75, 3.05) is 13.7 Å². The Balaban J connectivity index is 2.14. The molecule has 0 bridgehead atoms. The molecule has 0 heterocycles. The molecule has 4 nitrogen and oxygen atoms in total. The number of methoxy groups -OCH3 is 1. The lowest BCUT2D eigenvalue weighted by Crippen LogP contribution is -2.35. The third-order valence-electron chi connectivity index (χ3n) is 3.96. The number of aliphatic hydroxyl groups excluding tert-OH is 1. The molecule has 1 aromatic carbocycles. The molecule has 1 fully saturated rings. The SMILES string of the molecule is CCCNCc1cccc(OC)c1OC1CCCCC1O. The topological polar surface area (TPSA) is 50.7 Å². The Bertz CT molecular complexity index is 436. The van der Waals surface area contributed by atoms with Crippen molar-refractivity contribution in [2.45, 2.75) is 57.8 Å². The van der Waals surface area contributed by atoms with Crippen LogP contribution in [-0.4, -0.2) is 31.0 Å². The number of aliphatic hydroxyl groups is 1. The Morgan fingerprint density at radius 3 is 2.81 bits per heavy atom. The van der Waals surface area contributed by atoms with Gasteiger partial charge in [0.05, 0.1) is 13.2 Å². The van der Waals surface area contributed by atoms with Crippen molar-refractivity contribution < 1.29 is 14.6 Å². The first-order valence-corrected chi connectivity index (χ1v) is 7.97. The third-order valence-corrected chi connectivity index (χ3v) is 3.96. The van der Waals surface area contributed by atoms with E-state index in [9.17, 15) is 5.11 Å². The fourth-order valence-corrected chi connectivity index (χ4v) is 2.76. The van der Waals surface area contributed by atoms with Gasteiger partial charge in [0.2, 0.25) is 0 Å². The van der Waals surface area contributed by atoms with Gasteiger partial charge in [-0.1, -0.05) is 25.5 Å². The zero-order valence-electron chi connectivity index (χ0n) is 13.1. The molecule has 1 saturated carbocycles. The van der Waals surface area contributed by atoms with Gasteiger partial charge >= 0.3 is 0 Å². The molecule has 0 aliphatic heterocycles. The molecule has 118 valence electrons. The summed E-state index contributed by atoms with van der Waals surface area (Å²) in [5.74, 6) is 1.51. The van der Waals surface area contributed by atoms with Crippen molar-refractivity contribution in [3.63, 3.8) is 0 Å². The minimum absolute atomic E-state index is 0.125. The molecular formula is C17H27NO3. The van der Waals surface area contributed by atoms with Gasteiger partial charge in [-0.2, -0.15) is 0 Å². The monoisotopic (exact) mass is 293 g/mol. The Morgan fingerprint density at radius 1 is 1.29 bits per heavy atom. The molecule has 4 heteroatoms. The molecule has 2 unspecified atom stereocenters. The summed E-state index contributed by atoms with van der Waals surface area (Å²) in [5, 5.41) is 13.5. The highest BCUT2D eigenvalue weighted by Crippen LogP contribution is 2.34. The molecule has 2 atom stereocenters. The largest absolute Gasteiger partial charge is 0.493 e. The van der Waals surface area contributed by atoms with Crippen molar-refractivity contribution in [1.29, 1.82) is 0 Å². The van der Waals surface area contributed by atoms with Gasteiger partial charge in [0.25, 0.3) is 0 Å². The molecular weight excluding hydrogens is 266 g/mol. The molecule has 0 spiro atoms. The first-order valence-electron chi connectivity index (χ1n) is 7.97. The van der Waals surface area contributed by atoms with E-state index in [-0.39, 0.29) is 12.2 Å². The highest BCUT2D eigenvalue weighted by atomic mass is 16.5. The molecule has 0 amide bonds. The van der Waals surface area contributed by atoms with Crippen LogP contribution in [0.3, 0.4) is 0 Å². The second-order valence-corrected chi connectivity index (χ2v) is 5.63. The van der Waals surface area contributed by atoms with E-state index in [1.807, 2.05) is 12.1 Å². The van der Waals surface area contributed by atoms with E-state index >= 15 is 0 Å². The normalized spacial score (nSPS) is 22.0. The van der Waals surface area contributed by atoms with E-state index in [0.717, 1.165) is 62.3 Å². The average Bonchev–Trinajstić information content (AvgIpc) is 2.51. The Morgan fingerprint density at radius 2 is 2.10 bits per heavy atom. The summed E-state index contributed by atoms with van der Waals surface area (Å²) in [7, 11) is 1.66. The van der Waals surface area contributed by atoms with Gasteiger partial charge in [0.1, 0.15) is 6.10 Å². The van der Waals surface area contributed by atoms with Crippen LogP contribution in [0, 0.1) is 0 Å². The van der Waals surface area contributed by atoms with E-state index in [1.165, 1.54) is 0 Å². The van der Waals surface area contributed by atoms with Crippen LogP contribution >= 0.6 is 0 Å².